The van der Waals surface area contributed by atoms with Crippen molar-refractivity contribution in [3.63, 3.8) is 0 Å². The molecule has 0 spiro atoms. The van der Waals surface area contributed by atoms with Crippen molar-refractivity contribution in [2.45, 2.75) is 19.2 Å². The van der Waals surface area contributed by atoms with E-state index in [9.17, 15) is 22.8 Å². The first-order valence-corrected chi connectivity index (χ1v) is 8.60. The van der Waals surface area contributed by atoms with E-state index in [4.69, 9.17) is 10.00 Å². The van der Waals surface area contributed by atoms with Gasteiger partial charge in [0.2, 0.25) is 0 Å². The lowest BCUT2D eigenvalue weighted by Crippen LogP contribution is -2.40. The third-order valence-corrected chi connectivity index (χ3v) is 3.85. The Morgan fingerprint density at radius 1 is 1.03 bits per heavy atom. The standard InChI is InChI=1S/C20H18F3N3O3/c1-13(29-17-8-2-14(12-24)3-9-17)18(27)25-10-11-26-19(28)15-4-6-16(7-5-15)20(21,22)23/h2-9,13H,10-11H2,1H3,(H,25,27)(H,26,28). The maximum Gasteiger partial charge on any atom is 0.416 e. The molecule has 1 atom stereocenters. The number of hydrogen-bond acceptors (Lipinski definition) is 4. The third kappa shape index (κ3) is 6.53. The first-order chi connectivity index (χ1) is 13.7. The highest BCUT2D eigenvalue weighted by Gasteiger charge is 2.30. The van der Waals surface area contributed by atoms with Crippen LogP contribution in [0.15, 0.2) is 48.5 Å². The topological polar surface area (TPSA) is 91.2 Å². The van der Waals surface area contributed by atoms with Gasteiger partial charge < -0.3 is 15.4 Å². The Morgan fingerprint density at radius 3 is 2.17 bits per heavy atom. The number of hydrogen-bond donors (Lipinski definition) is 2. The Balaban J connectivity index is 1.74. The van der Waals surface area contributed by atoms with Crippen LogP contribution in [-0.4, -0.2) is 31.0 Å². The van der Waals surface area contributed by atoms with Crippen molar-refractivity contribution in [3.8, 4) is 11.8 Å². The fraction of sp³-hybridized carbons (Fsp3) is 0.250. The summed E-state index contributed by atoms with van der Waals surface area (Å²) in [4.78, 5) is 23.9. The van der Waals surface area contributed by atoms with Crippen molar-refractivity contribution >= 4 is 11.8 Å². The van der Waals surface area contributed by atoms with E-state index >= 15 is 0 Å². The van der Waals surface area contributed by atoms with Gasteiger partial charge >= 0.3 is 6.18 Å². The van der Waals surface area contributed by atoms with Gasteiger partial charge in [0.05, 0.1) is 17.2 Å². The minimum absolute atomic E-state index is 0.0850. The molecule has 0 saturated heterocycles. The van der Waals surface area contributed by atoms with Gasteiger partial charge in [0.15, 0.2) is 6.10 Å². The lowest BCUT2D eigenvalue weighted by Gasteiger charge is -2.15. The molecule has 2 N–H and O–H groups in total. The molecule has 0 heterocycles. The molecule has 2 aromatic carbocycles. The van der Waals surface area contributed by atoms with Crippen LogP contribution < -0.4 is 15.4 Å². The average Bonchev–Trinajstić information content (AvgIpc) is 2.70. The van der Waals surface area contributed by atoms with Crippen LogP contribution in [0.2, 0.25) is 0 Å². The summed E-state index contributed by atoms with van der Waals surface area (Å²) in [6, 6.07) is 12.1. The smallest absolute Gasteiger partial charge is 0.416 e. The summed E-state index contributed by atoms with van der Waals surface area (Å²) in [5.74, 6) is -0.518. The summed E-state index contributed by atoms with van der Waals surface area (Å²) in [6.07, 6.45) is -5.26. The molecule has 0 aromatic heterocycles. The Morgan fingerprint density at radius 2 is 1.62 bits per heavy atom. The molecule has 0 saturated carbocycles. The molecule has 2 amide bonds. The number of alkyl halides is 3. The molecule has 0 radical (unpaired) electrons. The van der Waals surface area contributed by atoms with Gasteiger partial charge in [0.1, 0.15) is 5.75 Å². The van der Waals surface area contributed by atoms with Gasteiger partial charge in [-0.15, -0.1) is 0 Å². The van der Waals surface area contributed by atoms with Crippen molar-refractivity contribution in [3.05, 3.63) is 65.2 Å². The van der Waals surface area contributed by atoms with Crippen molar-refractivity contribution in [2.75, 3.05) is 13.1 Å². The Labute approximate surface area is 165 Å². The maximum absolute atomic E-state index is 12.5. The number of ether oxygens (including phenoxy) is 1. The Hall–Kier alpha value is -3.54. The number of rotatable bonds is 7. The maximum atomic E-state index is 12.5. The van der Waals surface area contributed by atoms with Crippen LogP contribution in [0.5, 0.6) is 5.75 Å². The van der Waals surface area contributed by atoms with Gasteiger partial charge in [-0.1, -0.05) is 0 Å². The molecule has 0 fully saturated rings. The molecular weight excluding hydrogens is 387 g/mol. The van der Waals surface area contributed by atoms with Crippen molar-refractivity contribution in [2.24, 2.45) is 0 Å². The summed E-state index contributed by atoms with van der Waals surface area (Å²) in [6.45, 7) is 1.76. The van der Waals surface area contributed by atoms with Gasteiger partial charge in [-0.05, 0) is 55.5 Å². The van der Waals surface area contributed by atoms with Gasteiger partial charge in [-0.2, -0.15) is 18.4 Å². The van der Waals surface area contributed by atoms with E-state index in [0.717, 1.165) is 24.3 Å². The SMILES string of the molecule is CC(Oc1ccc(C#N)cc1)C(=O)NCCNC(=O)c1ccc(C(F)(F)F)cc1. The molecule has 0 aliphatic rings. The number of amides is 2. The molecule has 1 unspecified atom stereocenters. The summed E-state index contributed by atoms with van der Waals surface area (Å²) in [7, 11) is 0. The van der Waals surface area contributed by atoms with E-state index < -0.39 is 29.7 Å². The zero-order valence-electron chi connectivity index (χ0n) is 15.4. The lowest BCUT2D eigenvalue weighted by molar-refractivity contribution is -0.137. The number of carbonyl (C=O) groups is 2. The fourth-order valence-electron chi connectivity index (χ4n) is 2.28. The van der Waals surface area contributed by atoms with E-state index in [1.807, 2.05) is 6.07 Å². The van der Waals surface area contributed by atoms with Gasteiger partial charge in [-0.25, -0.2) is 0 Å². The Kier molecular flexibility index (Phi) is 7.20. The van der Waals surface area contributed by atoms with Crippen LogP contribution in [0.4, 0.5) is 13.2 Å². The molecule has 2 rings (SSSR count). The number of nitrogens with zero attached hydrogens (tertiary/aromatic N) is 1. The molecule has 152 valence electrons. The van der Waals surface area contributed by atoms with Crippen LogP contribution in [0.1, 0.15) is 28.4 Å². The normalized spacial score (nSPS) is 11.8. The molecule has 6 nitrogen and oxygen atoms in total. The second kappa shape index (κ2) is 9.59. The number of nitrogens with one attached hydrogen (secondary N) is 2. The number of halogens is 3. The minimum atomic E-state index is -4.46. The third-order valence-electron chi connectivity index (χ3n) is 3.85. The molecule has 0 aliphatic heterocycles. The second-order valence-corrected chi connectivity index (χ2v) is 6.02. The van der Waals surface area contributed by atoms with E-state index in [2.05, 4.69) is 10.6 Å². The van der Waals surface area contributed by atoms with E-state index in [0.29, 0.717) is 11.3 Å². The second-order valence-electron chi connectivity index (χ2n) is 6.02. The van der Waals surface area contributed by atoms with Gasteiger partial charge in [-0.3, -0.25) is 9.59 Å². The highest BCUT2D eigenvalue weighted by atomic mass is 19.4. The summed E-state index contributed by atoms with van der Waals surface area (Å²) < 4.78 is 43.0. The van der Waals surface area contributed by atoms with Crippen molar-refractivity contribution in [1.29, 1.82) is 5.26 Å². The van der Waals surface area contributed by atoms with E-state index in [-0.39, 0.29) is 18.7 Å². The van der Waals surface area contributed by atoms with Gasteiger partial charge in [0.25, 0.3) is 11.8 Å². The molecule has 29 heavy (non-hydrogen) atoms. The quantitative estimate of drug-likeness (QED) is 0.693. The summed E-state index contributed by atoms with van der Waals surface area (Å²) in [5.41, 5.74) is -0.280. The first-order valence-electron chi connectivity index (χ1n) is 8.60. The van der Waals surface area contributed by atoms with Crippen LogP contribution in [0, 0.1) is 11.3 Å². The summed E-state index contributed by atoms with van der Waals surface area (Å²) in [5, 5.41) is 13.8. The van der Waals surface area contributed by atoms with Crippen molar-refractivity contribution < 1.29 is 27.5 Å². The van der Waals surface area contributed by atoms with Crippen LogP contribution in [-0.2, 0) is 11.0 Å². The lowest BCUT2D eigenvalue weighted by atomic mass is 10.1. The predicted molar refractivity (Wildman–Crippen MR) is 98.0 cm³/mol. The number of carbonyl (C=O) groups excluding carboxylic acids is 2. The molecular formula is C20H18F3N3O3. The number of nitriles is 1. The van der Waals surface area contributed by atoms with Crippen LogP contribution >= 0.6 is 0 Å². The van der Waals surface area contributed by atoms with Crippen LogP contribution in [0.25, 0.3) is 0 Å². The molecule has 0 aliphatic carbocycles. The largest absolute Gasteiger partial charge is 0.481 e. The van der Waals surface area contributed by atoms with E-state index in [1.54, 1.807) is 31.2 Å². The average molecular weight is 405 g/mol. The highest BCUT2D eigenvalue weighted by molar-refractivity contribution is 5.94. The van der Waals surface area contributed by atoms with Crippen molar-refractivity contribution in [1.82, 2.24) is 10.6 Å². The zero-order chi connectivity index (χ0) is 21.4. The molecule has 2 aromatic rings. The zero-order valence-corrected chi connectivity index (χ0v) is 15.4. The Bertz CT molecular complexity index is 888. The van der Waals surface area contributed by atoms with Crippen LogP contribution in [0.3, 0.4) is 0 Å². The minimum Gasteiger partial charge on any atom is -0.481 e. The highest BCUT2D eigenvalue weighted by Crippen LogP contribution is 2.29. The fourth-order valence-corrected chi connectivity index (χ4v) is 2.28. The first kappa shape index (κ1) is 21.8. The summed E-state index contributed by atoms with van der Waals surface area (Å²) >= 11 is 0. The number of benzene rings is 2. The van der Waals surface area contributed by atoms with Gasteiger partial charge in [0, 0.05) is 18.7 Å². The molecule has 9 heteroatoms. The monoisotopic (exact) mass is 405 g/mol. The molecule has 0 bridgehead atoms. The predicted octanol–water partition coefficient (Wildman–Crippen LogP) is 2.89. The van der Waals surface area contributed by atoms with E-state index in [1.165, 1.54) is 0 Å².